The third kappa shape index (κ3) is 3.08. The summed E-state index contributed by atoms with van der Waals surface area (Å²) >= 11 is 0. The van der Waals surface area contributed by atoms with Crippen molar-refractivity contribution in [2.24, 2.45) is 12.8 Å². The molecular weight excluding hydrogens is 368 g/mol. The summed E-state index contributed by atoms with van der Waals surface area (Å²) in [6, 6.07) is 3.82. The number of carbonyl (C=O) groups excluding carboxylic acids is 1. The van der Waals surface area contributed by atoms with Gasteiger partial charge in [-0.05, 0) is 39.8 Å². The van der Waals surface area contributed by atoms with E-state index in [9.17, 15) is 4.79 Å². The summed E-state index contributed by atoms with van der Waals surface area (Å²) in [6.45, 7) is 8.92. The van der Waals surface area contributed by atoms with Gasteiger partial charge in [0.1, 0.15) is 17.1 Å². The molecule has 0 bridgehead atoms. The summed E-state index contributed by atoms with van der Waals surface area (Å²) in [4.78, 5) is 21.3. The van der Waals surface area contributed by atoms with Crippen molar-refractivity contribution < 1.29 is 4.79 Å². The summed E-state index contributed by atoms with van der Waals surface area (Å²) in [5.41, 5.74) is 9.77. The fourth-order valence-electron chi connectivity index (χ4n) is 3.52. The first-order valence-electron chi connectivity index (χ1n) is 9.56. The Hall–Kier alpha value is -3.49. The molecule has 1 amide bonds. The minimum Gasteiger partial charge on any atom is -0.364 e. The highest BCUT2D eigenvalue weighted by Gasteiger charge is 2.22. The van der Waals surface area contributed by atoms with Crippen molar-refractivity contribution in [2.45, 2.75) is 40.3 Å². The molecule has 0 atom stereocenters. The molecule has 29 heavy (non-hydrogen) atoms. The lowest BCUT2D eigenvalue weighted by Crippen LogP contribution is -2.14. The fraction of sp³-hybridized carbons (Fsp3) is 0.350. The molecule has 0 aliphatic heterocycles. The maximum Gasteiger partial charge on any atom is 0.267 e. The standard InChI is InChI=1S/C20H24N8O/c1-6-28-17(7-12(4)25-28)15-10-27(11(2)3)20(24-15)18-13-9-22-26(5)16(13)8-14(23-18)19(21)29/h7-11H,6H2,1-5H3,(H2,21,29). The number of rotatable bonds is 5. The number of imidazole rings is 1. The molecule has 0 unspecified atom stereocenters. The number of carbonyl (C=O) groups is 1. The summed E-state index contributed by atoms with van der Waals surface area (Å²) in [5, 5.41) is 9.67. The van der Waals surface area contributed by atoms with Crippen molar-refractivity contribution in [3.05, 3.63) is 35.9 Å². The summed E-state index contributed by atoms with van der Waals surface area (Å²) in [7, 11) is 1.82. The molecule has 4 aromatic rings. The first-order valence-corrected chi connectivity index (χ1v) is 9.56. The van der Waals surface area contributed by atoms with Gasteiger partial charge in [-0.25, -0.2) is 9.97 Å². The summed E-state index contributed by atoms with van der Waals surface area (Å²) < 4.78 is 5.68. The summed E-state index contributed by atoms with van der Waals surface area (Å²) in [5.74, 6) is 0.0783. The number of nitrogens with zero attached hydrogens (tertiary/aromatic N) is 7. The van der Waals surface area contributed by atoms with E-state index in [0.29, 0.717) is 11.5 Å². The highest BCUT2D eigenvalue weighted by Crippen LogP contribution is 2.31. The normalized spacial score (nSPS) is 11.7. The highest BCUT2D eigenvalue weighted by atomic mass is 16.1. The smallest absolute Gasteiger partial charge is 0.267 e. The van der Waals surface area contributed by atoms with Gasteiger partial charge >= 0.3 is 0 Å². The van der Waals surface area contributed by atoms with Crippen LogP contribution in [0.4, 0.5) is 0 Å². The number of aryl methyl sites for hydroxylation is 3. The van der Waals surface area contributed by atoms with E-state index >= 15 is 0 Å². The lowest BCUT2D eigenvalue weighted by Gasteiger charge is -2.12. The quantitative estimate of drug-likeness (QED) is 0.561. The Bertz CT molecular complexity index is 1230. The molecule has 9 heteroatoms. The maximum absolute atomic E-state index is 11.9. The number of nitrogens with two attached hydrogens (primary N) is 1. The van der Waals surface area contributed by atoms with Crippen LogP contribution in [0.2, 0.25) is 0 Å². The van der Waals surface area contributed by atoms with E-state index in [-0.39, 0.29) is 11.7 Å². The number of amides is 1. The first kappa shape index (κ1) is 18.9. The second kappa shape index (κ2) is 6.84. The van der Waals surface area contributed by atoms with Crippen molar-refractivity contribution in [3.63, 3.8) is 0 Å². The van der Waals surface area contributed by atoms with Crippen LogP contribution in [0.5, 0.6) is 0 Å². The van der Waals surface area contributed by atoms with Gasteiger partial charge in [0.15, 0.2) is 5.82 Å². The molecule has 4 heterocycles. The first-order chi connectivity index (χ1) is 13.8. The zero-order valence-corrected chi connectivity index (χ0v) is 17.2. The van der Waals surface area contributed by atoms with Crippen LogP contribution in [0.15, 0.2) is 24.5 Å². The average molecular weight is 392 g/mol. The number of fused-ring (bicyclic) bond motifs is 1. The van der Waals surface area contributed by atoms with Crippen LogP contribution >= 0.6 is 0 Å². The zero-order chi connectivity index (χ0) is 20.9. The molecule has 0 aliphatic rings. The number of primary amides is 1. The Balaban J connectivity index is 2.00. The lowest BCUT2D eigenvalue weighted by molar-refractivity contribution is 0.0996. The van der Waals surface area contributed by atoms with E-state index in [0.717, 1.165) is 34.5 Å². The van der Waals surface area contributed by atoms with Crippen molar-refractivity contribution in [1.82, 2.24) is 34.1 Å². The number of hydrogen-bond donors (Lipinski definition) is 1. The van der Waals surface area contributed by atoms with E-state index < -0.39 is 5.91 Å². The molecular formula is C20H24N8O. The molecule has 0 saturated heterocycles. The maximum atomic E-state index is 11.9. The van der Waals surface area contributed by atoms with E-state index in [1.807, 2.05) is 37.8 Å². The second-order valence-electron chi connectivity index (χ2n) is 7.36. The third-order valence-electron chi connectivity index (χ3n) is 4.96. The Morgan fingerprint density at radius 3 is 2.66 bits per heavy atom. The van der Waals surface area contributed by atoms with E-state index in [4.69, 9.17) is 10.7 Å². The number of hydrogen-bond acceptors (Lipinski definition) is 5. The minimum absolute atomic E-state index is 0.135. The van der Waals surface area contributed by atoms with Crippen LogP contribution in [0.25, 0.3) is 33.8 Å². The average Bonchev–Trinajstić information content (AvgIpc) is 3.37. The largest absolute Gasteiger partial charge is 0.364 e. The highest BCUT2D eigenvalue weighted by molar-refractivity contribution is 5.99. The molecule has 4 aromatic heterocycles. The van der Waals surface area contributed by atoms with Gasteiger partial charge in [-0.1, -0.05) is 0 Å². The van der Waals surface area contributed by atoms with Crippen molar-refractivity contribution >= 4 is 16.8 Å². The molecule has 2 N–H and O–H groups in total. The molecule has 150 valence electrons. The molecule has 0 aromatic carbocycles. The Morgan fingerprint density at radius 2 is 2.00 bits per heavy atom. The molecule has 0 aliphatic carbocycles. The van der Waals surface area contributed by atoms with Crippen molar-refractivity contribution in [1.29, 1.82) is 0 Å². The zero-order valence-electron chi connectivity index (χ0n) is 17.2. The van der Waals surface area contributed by atoms with Crippen molar-refractivity contribution in [3.8, 4) is 22.9 Å². The predicted molar refractivity (Wildman–Crippen MR) is 110 cm³/mol. The van der Waals surface area contributed by atoms with E-state index in [2.05, 4.69) is 33.6 Å². The van der Waals surface area contributed by atoms with Crippen LogP contribution in [-0.4, -0.2) is 40.0 Å². The monoisotopic (exact) mass is 392 g/mol. The lowest BCUT2D eigenvalue weighted by atomic mass is 10.2. The molecule has 0 saturated carbocycles. The predicted octanol–water partition coefficient (Wildman–Crippen LogP) is 2.70. The van der Waals surface area contributed by atoms with E-state index in [1.165, 1.54) is 0 Å². The van der Waals surface area contributed by atoms with Gasteiger partial charge in [-0.15, -0.1) is 0 Å². The van der Waals surface area contributed by atoms with Crippen LogP contribution in [0, 0.1) is 6.92 Å². The van der Waals surface area contributed by atoms with Crippen LogP contribution in [-0.2, 0) is 13.6 Å². The van der Waals surface area contributed by atoms with Crippen molar-refractivity contribution in [2.75, 3.05) is 0 Å². The van der Waals surface area contributed by atoms with Gasteiger partial charge in [0, 0.05) is 31.2 Å². The Morgan fingerprint density at radius 1 is 1.24 bits per heavy atom. The molecule has 0 spiro atoms. The fourth-order valence-corrected chi connectivity index (χ4v) is 3.52. The molecule has 9 nitrogen and oxygen atoms in total. The minimum atomic E-state index is -0.586. The Kier molecular flexibility index (Phi) is 4.45. The topological polar surface area (TPSA) is 109 Å². The van der Waals surface area contributed by atoms with Gasteiger partial charge < -0.3 is 10.3 Å². The van der Waals surface area contributed by atoms with Crippen LogP contribution < -0.4 is 5.73 Å². The molecule has 0 fully saturated rings. The summed E-state index contributed by atoms with van der Waals surface area (Å²) in [6.07, 6.45) is 3.74. The Labute approximate surface area is 168 Å². The second-order valence-corrected chi connectivity index (χ2v) is 7.36. The number of aromatic nitrogens is 7. The van der Waals surface area contributed by atoms with Gasteiger partial charge in [0.25, 0.3) is 5.91 Å². The number of pyridine rings is 1. The SMILES string of the molecule is CCn1nc(C)cc1-c1cn(C(C)C)c(-c2nc(C(N)=O)cc3c2cnn3C)n1. The van der Waals surface area contributed by atoms with Gasteiger partial charge in [0.2, 0.25) is 0 Å². The van der Waals surface area contributed by atoms with Crippen LogP contribution in [0.3, 0.4) is 0 Å². The van der Waals surface area contributed by atoms with Gasteiger partial charge in [0.05, 0.1) is 23.1 Å². The molecule has 0 radical (unpaired) electrons. The van der Waals surface area contributed by atoms with Crippen LogP contribution in [0.1, 0.15) is 43.0 Å². The van der Waals surface area contributed by atoms with Gasteiger partial charge in [-0.2, -0.15) is 10.2 Å². The van der Waals surface area contributed by atoms with Gasteiger partial charge in [-0.3, -0.25) is 14.2 Å². The molecule has 4 rings (SSSR count). The van der Waals surface area contributed by atoms with E-state index in [1.54, 1.807) is 16.9 Å². The third-order valence-corrected chi connectivity index (χ3v) is 4.96.